The number of fused-ring (bicyclic) bond motifs is 3. The van der Waals surface area contributed by atoms with E-state index in [2.05, 4.69) is 32.4 Å². The number of primary amides is 1. The number of amides is 1. The number of pyridine rings is 1. The van der Waals surface area contributed by atoms with Crippen LogP contribution in [-0.4, -0.2) is 54.4 Å². The number of anilines is 2. The summed E-state index contributed by atoms with van der Waals surface area (Å²) in [5.41, 5.74) is 8.99. The number of halogens is 1. The van der Waals surface area contributed by atoms with Crippen LogP contribution < -0.4 is 20.7 Å². The molecular weight excluding hydrogens is 444 g/mol. The SMILES string of the molecule is COc1cc(N(C)C)ccc1-c1nc2ncc(Cl)c(N[C@H]3[C@@H](OC(N)=O)[C@@H]4C=C[C@H]3C4)c2[nH]1. The van der Waals surface area contributed by atoms with Crippen LogP contribution in [0.1, 0.15) is 6.42 Å². The first-order valence-electron chi connectivity index (χ1n) is 10.7. The van der Waals surface area contributed by atoms with Crippen molar-refractivity contribution < 1.29 is 14.3 Å². The number of ether oxygens (including phenoxy) is 2. The Balaban J connectivity index is 1.53. The molecule has 3 aromatic rings. The lowest BCUT2D eigenvalue weighted by atomic mass is 9.98. The van der Waals surface area contributed by atoms with E-state index in [0.717, 1.165) is 17.7 Å². The van der Waals surface area contributed by atoms with Gasteiger partial charge < -0.3 is 30.4 Å². The molecule has 172 valence electrons. The minimum atomic E-state index is -0.782. The van der Waals surface area contributed by atoms with Crippen LogP contribution in [0.3, 0.4) is 0 Å². The average Bonchev–Trinajstić information content (AvgIpc) is 3.50. The number of H-pyrrole nitrogens is 1. The van der Waals surface area contributed by atoms with Gasteiger partial charge in [0.05, 0.1) is 35.6 Å². The Morgan fingerprint density at radius 1 is 1.30 bits per heavy atom. The quantitative estimate of drug-likeness (QED) is 0.471. The monoisotopic (exact) mass is 468 g/mol. The van der Waals surface area contributed by atoms with Crippen molar-refractivity contribution in [2.45, 2.75) is 18.6 Å². The number of carbonyl (C=O) groups is 1. The van der Waals surface area contributed by atoms with Gasteiger partial charge in [0.2, 0.25) is 0 Å². The first-order chi connectivity index (χ1) is 15.9. The van der Waals surface area contributed by atoms with Crippen molar-refractivity contribution in [1.29, 1.82) is 0 Å². The predicted octanol–water partition coefficient (Wildman–Crippen LogP) is 3.80. The van der Waals surface area contributed by atoms with Gasteiger partial charge in [0.1, 0.15) is 23.2 Å². The number of hydrogen-bond donors (Lipinski definition) is 3. The molecule has 2 heterocycles. The van der Waals surface area contributed by atoms with E-state index in [1.165, 1.54) is 0 Å². The van der Waals surface area contributed by atoms with Crippen molar-refractivity contribution in [3.05, 3.63) is 41.6 Å². The molecule has 1 fully saturated rings. The van der Waals surface area contributed by atoms with E-state index >= 15 is 0 Å². The summed E-state index contributed by atoms with van der Waals surface area (Å²) in [6.45, 7) is 0. The van der Waals surface area contributed by atoms with Crippen LogP contribution in [0.2, 0.25) is 5.02 Å². The lowest BCUT2D eigenvalue weighted by molar-refractivity contribution is 0.0854. The third-order valence-corrected chi connectivity index (χ3v) is 6.67. The summed E-state index contributed by atoms with van der Waals surface area (Å²) in [7, 11) is 5.57. The minimum Gasteiger partial charge on any atom is -0.496 e. The van der Waals surface area contributed by atoms with Gasteiger partial charge >= 0.3 is 6.09 Å². The van der Waals surface area contributed by atoms with Gasteiger partial charge in [-0.15, -0.1) is 0 Å². The topological polar surface area (TPSA) is 118 Å². The molecule has 4 atom stereocenters. The van der Waals surface area contributed by atoms with Crippen molar-refractivity contribution in [1.82, 2.24) is 15.0 Å². The maximum Gasteiger partial charge on any atom is 0.404 e. The number of methoxy groups -OCH3 is 1. The molecule has 0 unspecified atom stereocenters. The number of hydrogen-bond acceptors (Lipinski definition) is 7. The molecule has 1 amide bonds. The molecule has 2 aliphatic rings. The van der Waals surface area contributed by atoms with E-state index in [4.69, 9.17) is 26.8 Å². The fraction of sp³-hybridized carbons (Fsp3) is 0.348. The van der Waals surface area contributed by atoms with Gasteiger partial charge in [-0.05, 0) is 18.6 Å². The summed E-state index contributed by atoms with van der Waals surface area (Å²) >= 11 is 6.55. The fourth-order valence-corrected chi connectivity index (χ4v) is 4.98. The molecule has 0 spiro atoms. The number of carbonyl (C=O) groups excluding carboxylic acids is 1. The Bertz CT molecular complexity index is 1260. The number of benzene rings is 1. The number of imidazole rings is 1. The lowest BCUT2D eigenvalue weighted by Crippen LogP contribution is -2.41. The second-order valence-electron chi connectivity index (χ2n) is 8.56. The van der Waals surface area contributed by atoms with Crippen LogP contribution in [0.15, 0.2) is 36.5 Å². The molecule has 2 bridgehead atoms. The highest BCUT2D eigenvalue weighted by molar-refractivity contribution is 6.34. The molecule has 10 heteroatoms. The van der Waals surface area contributed by atoms with Crippen molar-refractivity contribution in [2.75, 3.05) is 31.4 Å². The summed E-state index contributed by atoms with van der Waals surface area (Å²) in [4.78, 5) is 25.9. The van der Waals surface area contributed by atoms with Gasteiger partial charge in [-0.1, -0.05) is 23.8 Å². The third-order valence-electron chi connectivity index (χ3n) is 6.38. The van der Waals surface area contributed by atoms with Crippen LogP contribution in [0.25, 0.3) is 22.6 Å². The molecule has 5 rings (SSSR count). The number of nitrogens with one attached hydrogen (secondary N) is 2. The van der Waals surface area contributed by atoms with Crippen LogP contribution in [0.4, 0.5) is 16.2 Å². The molecular formula is C23H25ClN6O3. The van der Waals surface area contributed by atoms with Crippen LogP contribution >= 0.6 is 11.6 Å². The molecule has 0 radical (unpaired) electrons. The van der Waals surface area contributed by atoms with Crippen molar-refractivity contribution in [2.24, 2.45) is 17.6 Å². The maximum absolute atomic E-state index is 11.5. The Morgan fingerprint density at radius 3 is 2.82 bits per heavy atom. The zero-order valence-electron chi connectivity index (χ0n) is 18.5. The van der Waals surface area contributed by atoms with E-state index in [0.29, 0.717) is 33.4 Å². The highest BCUT2D eigenvalue weighted by Gasteiger charge is 2.47. The number of aromatic nitrogens is 3. The zero-order chi connectivity index (χ0) is 23.3. The lowest BCUT2D eigenvalue weighted by Gasteiger charge is -2.29. The number of nitrogens with zero attached hydrogens (tertiary/aromatic N) is 3. The van der Waals surface area contributed by atoms with Gasteiger partial charge in [0.25, 0.3) is 0 Å². The first-order valence-corrected chi connectivity index (χ1v) is 11.0. The zero-order valence-corrected chi connectivity index (χ0v) is 19.3. The van der Waals surface area contributed by atoms with Crippen LogP contribution in [0, 0.1) is 11.8 Å². The van der Waals surface area contributed by atoms with E-state index in [1.54, 1.807) is 13.3 Å². The first kappa shape index (κ1) is 21.4. The number of nitrogens with two attached hydrogens (primary N) is 1. The summed E-state index contributed by atoms with van der Waals surface area (Å²) < 4.78 is 11.1. The minimum absolute atomic E-state index is 0.132. The van der Waals surface area contributed by atoms with Gasteiger partial charge in [-0.25, -0.2) is 14.8 Å². The molecule has 0 saturated heterocycles. The van der Waals surface area contributed by atoms with Crippen molar-refractivity contribution in [3.63, 3.8) is 0 Å². The number of aromatic amines is 1. The van der Waals surface area contributed by atoms with Gasteiger partial charge in [-0.2, -0.15) is 0 Å². The second-order valence-corrected chi connectivity index (χ2v) is 8.97. The van der Waals surface area contributed by atoms with Gasteiger partial charge in [0.15, 0.2) is 5.65 Å². The smallest absolute Gasteiger partial charge is 0.404 e. The highest BCUT2D eigenvalue weighted by Crippen LogP contribution is 2.44. The fourth-order valence-electron chi connectivity index (χ4n) is 4.78. The maximum atomic E-state index is 11.5. The van der Waals surface area contributed by atoms with Gasteiger partial charge in [-0.3, -0.25) is 0 Å². The van der Waals surface area contributed by atoms with E-state index in [1.807, 2.05) is 37.2 Å². The van der Waals surface area contributed by atoms with Crippen LogP contribution in [-0.2, 0) is 4.74 Å². The second kappa shape index (κ2) is 8.15. The summed E-state index contributed by atoms with van der Waals surface area (Å²) in [6.07, 6.45) is 5.54. The largest absolute Gasteiger partial charge is 0.496 e. The Labute approximate surface area is 195 Å². The Hall–Kier alpha value is -3.46. The Kier molecular flexibility index (Phi) is 5.28. The molecule has 33 heavy (non-hydrogen) atoms. The summed E-state index contributed by atoms with van der Waals surface area (Å²) in [6, 6.07) is 5.75. The molecule has 4 N–H and O–H groups in total. The normalized spacial score (nSPS) is 23.2. The van der Waals surface area contributed by atoms with E-state index in [-0.39, 0.29) is 24.0 Å². The molecule has 1 saturated carbocycles. The standard InChI is InChI=1S/C23H25ClN6O3/c1-30(2)13-6-7-14(16(9-13)32-3)21-28-19-18(15(24)10-26-22(19)29-21)27-17-11-4-5-12(8-11)20(17)33-23(25)31/h4-7,9-12,17,20H,8H2,1-3H3,(H2,25,31)(H2,26,27,28,29)/t11-,12+,17+,20-/m0/s1. The van der Waals surface area contributed by atoms with Crippen LogP contribution in [0.5, 0.6) is 5.75 Å². The highest BCUT2D eigenvalue weighted by atomic mass is 35.5. The predicted molar refractivity (Wildman–Crippen MR) is 128 cm³/mol. The average molecular weight is 469 g/mol. The van der Waals surface area contributed by atoms with E-state index < -0.39 is 6.09 Å². The molecule has 2 aromatic heterocycles. The Morgan fingerprint density at radius 2 is 2.09 bits per heavy atom. The summed E-state index contributed by atoms with van der Waals surface area (Å²) in [5, 5.41) is 3.93. The van der Waals surface area contributed by atoms with Crippen molar-refractivity contribution in [3.8, 4) is 17.1 Å². The number of rotatable bonds is 6. The summed E-state index contributed by atoms with van der Waals surface area (Å²) in [5.74, 6) is 1.64. The van der Waals surface area contributed by atoms with Crippen molar-refractivity contribution >= 4 is 40.2 Å². The molecule has 2 aliphatic carbocycles. The third kappa shape index (κ3) is 3.72. The molecule has 0 aliphatic heterocycles. The van der Waals surface area contributed by atoms with Gasteiger partial charge in [0, 0.05) is 37.7 Å². The molecule has 9 nitrogen and oxygen atoms in total. The van der Waals surface area contributed by atoms with E-state index in [9.17, 15) is 4.79 Å². The molecule has 1 aromatic carbocycles.